The average Bonchev–Trinajstić information content (AvgIpc) is 2.67. The van der Waals surface area contributed by atoms with Gasteiger partial charge in [0, 0.05) is 12.4 Å². The Balaban J connectivity index is 2.53. The second kappa shape index (κ2) is 2.95. The van der Waals surface area contributed by atoms with Crippen LogP contribution in [0.25, 0.3) is 16.8 Å². The van der Waals surface area contributed by atoms with E-state index in [0.717, 1.165) is 16.8 Å². The van der Waals surface area contributed by atoms with E-state index in [1.165, 1.54) is 0 Å². The van der Waals surface area contributed by atoms with Crippen LogP contribution >= 0.6 is 0 Å². The minimum Gasteiger partial charge on any atom is -0.494 e. The van der Waals surface area contributed by atoms with Gasteiger partial charge in [-0.2, -0.15) is 0 Å². The van der Waals surface area contributed by atoms with Crippen LogP contribution in [0.1, 0.15) is 0 Å². The minimum atomic E-state index is 0.692. The summed E-state index contributed by atoms with van der Waals surface area (Å²) in [5.41, 5.74) is 1.86. The van der Waals surface area contributed by atoms with E-state index in [4.69, 9.17) is 4.74 Å². The maximum atomic E-state index is 5.25. The van der Waals surface area contributed by atoms with Crippen LogP contribution in [0.3, 0.4) is 0 Å². The predicted molar refractivity (Wildman–Crippen MR) is 57.0 cm³/mol. The molecular formula is C11H9N3O. The molecule has 3 rings (SSSR count). The predicted octanol–water partition coefficient (Wildman–Crippen LogP) is 1.89. The second-order valence-corrected chi connectivity index (χ2v) is 3.23. The number of fused-ring (bicyclic) bond motifs is 3. The van der Waals surface area contributed by atoms with Crippen molar-refractivity contribution in [2.24, 2.45) is 0 Å². The molecule has 3 aromatic rings. The van der Waals surface area contributed by atoms with Gasteiger partial charge in [0.05, 0.1) is 12.6 Å². The van der Waals surface area contributed by atoms with Crippen molar-refractivity contribution in [2.75, 3.05) is 7.11 Å². The molecule has 0 aliphatic carbocycles. The van der Waals surface area contributed by atoms with Gasteiger partial charge in [0.1, 0.15) is 11.3 Å². The van der Waals surface area contributed by atoms with Gasteiger partial charge in [-0.1, -0.05) is 6.07 Å². The molecule has 2 aromatic heterocycles. The van der Waals surface area contributed by atoms with Gasteiger partial charge in [0.15, 0.2) is 0 Å². The van der Waals surface area contributed by atoms with Gasteiger partial charge < -0.3 is 4.74 Å². The average molecular weight is 199 g/mol. The molecule has 74 valence electrons. The first-order valence-corrected chi connectivity index (χ1v) is 4.66. The third-order valence-electron chi connectivity index (χ3n) is 2.40. The smallest absolute Gasteiger partial charge is 0.234 e. The van der Waals surface area contributed by atoms with Crippen molar-refractivity contribution < 1.29 is 4.74 Å². The molecule has 0 amide bonds. The van der Waals surface area contributed by atoms with Crippen molar-refractivity contribution in [3.63, 3.8) is 0 Å². The van der Waals surface area contributed by atoms with Gasteiger partial charge in [-0.05, 0) is 18.2 Å². The van der Waals surface area contributed by atoms with Crippen molar-refractivity contribution in [1.29, 1.82) is 0 Å². The van der Waals surface area contributed by atoms with Crippen LogP contribution in [-0.4, -0.2) is 21.5 Å². The maximum absolute atomic E-state index is 5.25. The Bertz CT molecular complexity index is 630. The molecule has 0 fully saturated rings. The molecule has 0 aliphatic heterocycles. The van der Waals surface area contributed by atoms with Crippen molar-refractivity contribution in [3.8, 4) is 5.75 Å². The Morgan fingerprint density at radius 1 is 1.27 bits per heavy atom. The summed E-state index contributed by atoms with van der Waals surface area (Å²) >= 11 is 0. The summed E-state index contributed by atoms with van der Waals surface area (Å²) in [5, 5.41) is 0. The minimum absolute atomic E-state index is 0.692. The first-order valence-electron chi connectivity index (χ1n) is 4.66. The molecule has 0 bridgehead atoms. The summed E-state index contributed by atoms with van der Waals surface area (Å²) in [5.74, 6) is 1.47. The summed E-state index contributed by atoms with van der Waals surface area (Å²) in [6.07, 6.45) is 3.67. The molecule has 4 heteroatoms. The van der Waals surface area contributed by atoms with Crippen LogP contribution in [0.15, 0.2) is 36.7 Å². The molecule has 0 radical (unpaired) electrons. The fourth-order valence-corrected chi connectivity index (χ4v) is 1.72. The van der Waals surface area contributed by atoms with Crippen molar-refractivity contribution in [2.45, 2.75) is 0 Å². The van der Waals surface area contributed by atoms with E-state index in [-0.39, 0.29) is 0 Å². The van der Waals surface area contributed by atoms with E-state index in [0.29, 0.717) is 5.78 Å². The third kappa shape index (κ3) is 1.08. The number of hydrogen-bond acceptors (Lipinski definition) is 3. The number of nitrogens with zero attached hydrogens (tertiary/aromatic N) is 3. The van der Waals surface area contributed by atoms with Crippen LogP contribution in [0, 0.1) is 0 Å². The Morgan fingerprint density at radius 3 is 3.07 bits per heavy atom. The van der Waals surface area contributed by atoms with Gasteiger partial charge in [-0.25, -0.2) is 9.97 Å². The highest BCUT2D eigenvalue weighted by molar-refractivity contribution is 5.85. The molecule has 0 N–H and O–H groups in total. The lowest BCUT2D eigenvalue weighted by atomic mass is 10.3. The topological polar surface area (TPSA) is 39.4 Å². The van der Waals surface area contributed by atoms with Gasteiger partial charge in [0.25, 0.3) is 0 Å². The number of benzene rings is 1. The molecular weight excluding hydrogens is 190 g/mol. The Hall–Kier alpha value is -2.10. The quantitative estimate of drug-likeness (QED) is 0.600. The summed E-state index contributed by atoms with van der Waals surface area (Å²) in [6.45, 7) is 0. The molecule has 15 heavy (non-hydrogen) atoms. The zero-order chi connectivity index (χ0) is 10.3. The van der Waals surface area contributed by atoms with Crippen LogP contribution in [0.2, 0.25) is 0 Å². The maximum Gasteiger partial charge on any atom is 0.234 e. The molecule has 2 heterocycles. The zero-order valence-corrected chi connectivity index (χ0v) is 8.21. The molecule has 4 nitrogen and oxygen atoms in total. The van der Waals surface area contributed by atoms with Gasteiger partial charge >= 0.3 is 0 Å². The summed E-state index contributed by atoms with van der Waals surface area (Å²) in [7, 11) is 1.65. The fraction of sp³-hybridized carbons (Fsp3) is 0.0909. The summed E-state index contributed by atoms with van der Waals surface area (Å²) < 4.78 is 7.20. The lowest BCUT2D eigenvalue weighted by Crippen LogP contribution is -1.85. The number of imidazole rings is 1. The zero-order valence-electron chi connectivity index (χ0n) is 8.21. The van der Waals surface area contributed by atoms with E-state index in [9.17, 15) is 0 Å². The summed E-state index contributed by atoms with van der Waals surface area (Å²) in [6, 6.07) is 7.73. The van der Waals surface area contributed by atoms with Gasteiger partial charge in [-0.15, -0.1) is 0 Å². The molecule has 1 aromatic carbocycles. The van der Waals surface area contributed by atoms with E-state index >= 15 is 0 Å². The highest BCUT2D eigenvalue weighted by Gasteiger charge is 2.08. The first-order chi connectivity index (χ1) is 7.40. The largest absolute Gasteiger partial charge is 0.494 e. The first kappa shape index (κ1) is 8.23. The van der Waals surface area contributed by atoms with E-state index < -0.39 is 0 Å². The van der Waals surface area contributed by atoms with Crippen LogP contribution < -0.4 is 4.74 Å². The molecule has 0 atom stereocenters. The lowest BCUT2D eigenvalue weighted by molar-refractivity contribution is 0.419. The fourth-order valence-electron chi connectivity index (χ4n) is 1.72. The number of rotatable bonds is 1. The number of para-hydroxylation sites is 1. The molecule has 0 aliphatic rings. The van der Waals surface area contributed by atoms with Crippen molar-refractivity contribution in [3.05, 3.63) is 36.7 Å². The van der Waals surface area contributed by atoms with E-state index in [1.54, 1.807) is 13.3 Å². The molecule has 0 unspecified atom stereocenters. The third-order valence-corrected chi connectivity index (χ3v) is 2.40. The Kier molecular flexibility index (Phi) is 1.62. The highest BCUT2D eigenvalue weighted by atomic mass is 16.5. The molecule has 0 spiro atoms. The normalized spacial score (nSPS) is 11.0. The van der Waals surface area contributed by atoms with Crippen molar-refractivity contribution >= 4 is 16.8 Å². The SMILES string of the molecule is COc1cccc2c1nc1ncccn12. The van der Waals surface area contributed by atoms with Crippen LogP contribution in [0.5, 0.6) is 5.75 Å². The Morgan fingerprint density at radius 2 is 2.20 bits per heavy atom. The number of hydrogen-bond donors (Lipinski definition) is 0. The van der Waals surface area contributed by atoms with Crippen LogP contribution in [0.4, 0.5) is 0 Å². The van der Waals surface area contributed by atoms with E-state index in [2.05, 4.69) is 9.97 Å². The second-order valence-electron chi connectivity index (χ2n) is 3.23. The van der Waals surface area contributed by atoms with Crippen LogP contribution in [-0.2, 0) is 0 Å². The lowest BCUT2D eigenvalue weighted by Gasteiger charge is -1.98. The van der Waals surface area contributed by atoms with Crippen molar-refractivity contribution in [1.82, 2.24) is 14.4 Å². The summed E-state index contributed by atoms with van der Waals surface area (Å²) in [4.78, 5) is 8.60. The van der Waals surface area contributed by atoms with Gasteiger partial charge in [0.2, 0.25) is 5.78 Å². The number of aromatic nitrogens is 3. The molecule has 0 saturated heterocycles. The van der Waals surface area contributed by atoms with E-state index in [1.807, 2.05) is 34.9 Å². The monoisotopic (exact) mass is 199 g/mol. The number of methoxy groups -OCH3 is 1. The standard InChI is InChI=1S/C11H9N3O/c1-15-9-5-2-4-8-10(9)13-11-12-6-3-7-14(8)11/h2-7H,1H3. The number of ether oxygens (including phenoxy) is 1. The van der Waals surface area contributed by atoms with Gasteiger partial charge in [-0.3, -0.25) is 4.40 Å². The Labute approximate surface area is 86.1 Å². The molecule has 0 saturated carbocycles. The highest BCUT2D eigenvalue weighted by Crippen LogP contribution is 2.24.